The Kier molecular flexibility index (Phi) is 3.57. The van der Waals surface area contributed by atoms with Crippen LogP contribution in [-0.4, -0.2) is 42.3 Å². The summed E-state index contributed by atoms with van der Waals surface area (Å²) in [7, 11) is 0. The van der Waals surface area contributed by atoms with Gasteiger partial charge in [0.1, 0.15) is 0 Å². The van der Waals surface area contributed by atoms with E-state index in [4.69, 9.17) is 11.6 Å². The lowest BCUT2D eigenvalue weighted by Crippen LogP contribution is -2.69. The van der Waals surface area contributed by atoms with E-state index in [1.807, 2.05) is 12.1 Å². The van der Waals surface area contributed by atoms with Crippen molar-refractivity contribution < 1.29 is 5.11 Å². The predicted octanol–water partition coefficient (Wildman–Crippen LogP) is 2.13. The number of rotatable bonds is 2. The van der Waals surface area contributed by atoms with E-state index in [9.17, 15) is 5.11 Å². The molecule has 2 heterocycles. The van der Waals surface area contributed by atoms with Gasteiger partial charge in [0.2, 0.25) is 0 Å². The van der Waals surface area contributed by atoms with Crippen LogP contribution in [0.4, 0.5) is 0 Å². The fraction of sp³-hybridized carbons (Fsp3) is 0.625. The largest absolute Gasteiger partial charge is 0.392 e. The topological polar surface area (TPSA) is 35.5 Å². The van der Waals surface area contributed by atoms with Gasteiger partial charge in [-0.25, -0.2) is 0 Å². The Hall–Kier alpha value is -0.610. The molecule has 0 aromatic heterocycles. The maximum atomic E-state index is 10.6. The number of likely N-dealkylation sites (tertiary alicyclic amines) is 1. The first-order valence-corrected chi connectivity index (χ1v) is 7.65. The molecular formula is C16H23ClN2O. The second-order valence-electron chi connectivity index (χ2n) is 7.09. The van der Waals surface area contributed by atoms with E-state index < -0.39 is 0 Å². The molecule has 0 saturated carbocycles. The zero-order chi connectivity index (χ0) is 14.4. The summed E-state index contributed by atoms with van der Waals surface area (Å²) in [5.74, 6) is 0. The Labute approximate surface area is 125 Å². The van der Waals surface area contributed by atoms with Gasteiger partial charge >= 0.3 is 0 Å². The molecule has 3 rings (SSSR count). The quantitative estimate of drug-likeness (QED) is 0.877. The van der Waals surface area contributed by atoms with Crippen molar-refractivity contribution in [3.63, 3.8) is 0 Å². The fourth-order valence-corrected chi connectivity index (χ4v) is 4.12. The summed E-state index contributed by atoms with van der Waals surface area (Å²) in [6.07, 6.45) is -0.224. The summed E-state index contributed by atoms with van der Waals surface area (Å²) in [5.41, 5.74) is 1.17. The molecule has 0 amide bonds. The molecule has 2 fully saturated rings. The Bertz CT molecular complexity index is 472. The molecule has 4 heteroatoms. The van der Waals surface area contributed by atoms with Crippen molar-refractivity contribution in [1.82, 2.24) is 10.2 Å². The minimum atomic E-state index is -0.224. The van der Waals surface area contributed by atoms with Crippen molar-refractivity contribution in [2.24, 2.45) is 10.8 Å². The number of hydrogen-bond acceptors (Lipinski definition) is 3. The number of halogens is 1. The van der Waals surface area contributed by atoms with Crippen molar-refractivity contribution in [3.05, 3.63) is 34.9 Å². The van der Waals surface area contributed by atoms with Gasteiger partial charge in [-0.15, -0.1) is 0 Å². The molecule has 1 aromatic carbocycles. The summed E-state index contributed by atoms with van der Waals surface area (Å²) >= 11 is 5.94. The minimum absolute atomic E-state index is 0.0579. The van der Waals surface area contributed by atoms with Gasteiger partial charge in [0.25, 0.3) is 0 Å². The number of nitrogens with zero attached hydrogens (tertiary/aromatic N) is 1. The molecule has 2 N–H and O–H groups in total. The molecule has 3 atom stereocenters. The lowest BCUT2D eigenvalue weighted by molar-refractivity contribution is -0.143. The number of aliphatic hydroxyl groups excluding tert-OH is 1. The normalized spacial score (nSPS) is 37.9. The Morgan fingerprint density at radius 3 is 2.30 bits per heavy atom. The van der Waals surface area contributed by atoms with E-state index in [2.05, 4.69) is 36.2 Å². The molecule has 2 aliphatic rings. The molecule has 1 aromatic rings. The Morgan fingerprint density at radius 1 is 1.20 bits per heavy atom. The molecule has 0 aliphatic carbocycles. The number of benzene rings is 1. The van der Waals surface area contributed by atoms with Crippen LogP contribution in [0.15, 0.2) is 24.3 Å². The van der Waals surface area contributed by atoms with Crippen LogP contribution in [0.2, 0.25) is 5.02 Å². The van der Waals surface area contributed by atoms with Gasteiger partial charge in [0, 0.05) is 48.6 Å². The first kappa shape index (κ1) is 14.3. The van der Waals surface area contributed by atoms with Gasteiger partial charge in [-0.3, -0.25) is 4.90 Å². The van der Waals surface area contributed by atoms with Gasteiger partial charge in [0.15, 0.2) is 0 Å². The minimum Gasteiger partial charge on any atom is -0.392 e. The van der Waals surface area contributed by atoms with E-state index in [0.29, 0.717) is 0 Å². The Morgan fingerprint density at radius 2 is 1.75 bits per heavy atom. The SMILES string of the molecule is C[C@]12CNC[C@](C)(CN(Cc3ccc(Cl)cc3)C1)C2O. The number of piperidine rings is 2. The summed E-state index contributed by atoms with van der Waals surface area (Å²) in [6.45, 7) is 8.95. The van der Waals surface area contributed by atoms with Crippen molar-refractivity contribution >= 4 is 11.6 Å². The van der Waals surface area contributed by atoms with Gasteiger partial charge in [-0.2, -0.15) is 0 Å². The highest BCUT2D eigenvalue weighted by Gasteiger charge is 2.53. The number of hydrogen-bond donors (Lipinski definition) is 2. The number of fused-ring (bicyclic) bond motifs is 2. The van der Waals surface area contributed by atoms with Gasteiger partial charge < -0.3 is 10.4 Å². The van der Waals surface area contributed by atoms with Crippen LogP contribution in [0.3, 0.4) is 0 Å². The van der Waals surface area contributed by atoms with Crippen LogP contribution in [0.5, 0.6) is 0 Å². The van der Waals surface area contributed by atoms with E-state index in [-0.39, 0.29) is 16.9 Å². The highest BCUT2D eigenvalue weighted by atomic mass is 35.5. The summed E-state index contributed by atoms with van der Waals surface area (Å²) in [5, 5.41) is 14.9. The Balaban J connectivity index is 1.77. The molecule has 0 spiro atoms. The van der Waals surface area contributed by atoms with Crippen LogP contribution in [0, 0.1) is 10.8 Å². The number of aliphatic hydroxyl groups is 1. The van der Waals surface area contributed by atoms with Crippen molar-refractivity contribution in [1.29, 1.82) is 0 Å². The lowest BCUT2D eigenvalue weighted by atomic mass is 9.63. The molecule has 110 valence electrons. The first-order valence-electron chi connectivity index (χ1n) is 7.27. The highest BCUT2D eigenvalue weighted by Crippen LogP contribution is 2.43. The maximum Gasteiger partial charge on any atom is 0.0696 e. The zero-order valence-corrected chi connectivity index (χ0v) is 13.0. The molecule has 2 aliphatic heterocycles. The van der Waals surface area contributed by atoms with Crippen LogP contribution < -0.4 is 5.32 Å². The third-order valence-electron chi connectivity index (χ3n) is 4.87. The average Bonchev–Trinajstić information content (AvgIpc) is 2.37. The first-order chi connectivity index (χ1) is 9.41. The van der Waals surface area contributed by atoms with Gasteiger partial charge in [-0.05, 0) is 17.7 Å². The molecule has 0 radical (unpaired) electrons. The van der Waals surface area contributed by atoms with Gasteiger partial charge in [0.05, 0.1) is 6.10 Å². The molecule has 20 heavy (non-hydrogen) atoms. The third kappa shape index (κ3) is 2.48. The molecular weight excluding hydrogens is 272 g/mol. The van der Waals surface area contributed by atoms with Crippen LogP contribution in [0.1, 0.15) is 19.4 Å². The predicted molar refractivity (Wildman–Crippen MR) is 81.8 cm³/mol. The smallest absolute Gasteiger partial charge is 0.0696 e. The molecule has 1 unspecified atom stereocenters. The van der Waals surface area contributed by atoms with E-state index in [0.717, 1.165) is 37.7 Å². The van der Waals surface area contributed by atoms with Crippen LogP contribution in [0.25, 0.3) is 0 Å². The second kappa shape index (κ2) is 4.99. The van der Waals surface area contributed by atoms with Crippen LogP contribution in [-0.2, 0) is 6.54 Å². The lowest BCUT2D eigenvalue weighted by Gasteiger charge is -2.57. The highest BCUT2D eigenvalue weighted by molar-refractivity contribution is 6.30. The summed E-state index contributed by atoms with van der Waals surface area (Å²) in [6, 6.07) is 8.07. The number of nitrogens with one attached hydrogen (secondary N) is 1. The molecule has 2 saturated heterocycles. The average molecular weight is 295 g/mol. The molecule has 3 nitrogen and oxygen atoms in total. The van der Waals surface area contributed by atoms with Crippen LogP contribution >= 0.6 is 11.6 Å². The van der Waals surface area contributed by atoms with E-state index >= 15 is 0 Å². The second-order valence-corrected chi connectivity index (χ2v) is 7.52. The van der Waals surface area contributed by atoms with E-state index in [1.54, 1.807) is 0 Å². The zero-order valence-electron chi connectivity index (χ0n) is 12.2. The van der Waals surface area contributed by atoms with E-state index in [1.165, 1.54) is 5.56 Å². The maximum absolute atomic E-state index is 10.6. The monoisotopic (exact) mass is 294 g/mol. The molecule has 2 bridgehead atoms. The fourth-order valence-electron chi connectivity index (χ4n) is 3.99. The van der Waals surface area contributed by atoms with Gasteiger partial charge in [-0.1, -0.05) is 37.6 Å². The third-order valence-corrected chi connectivity index (χ3v) is 5.12. The summed E-state index contributed by atoms with van der Waals surface area (Å²) < 4.78 is 0. The van der Waals surface area contributed by atoms with Crippen molar-refractivity contribution in [2.75, 3.05) is 26.2 Å². The standard InChI is InChI=1S/C16H23ClN2O/c1-15-8-18-9-16(2,14(15)20)11-19(10-15)7-12-3-5-13(17)6-4-12/h3-6,14,18,20H,7-11H2,1-2H3/t14?,15-,16+. The summed E-state index contributed by atoms with van der Waals surface area (Å²) in [4.78, 5) is 2.47. The van der Waals surface area contributed by atoms with Crippen molar-refractivity contribution in [2.45, 2.75) is 26.5 Å². The van der Waals surface area contributed by atoms with Crippen molar-refractivity contribution in [3.8, 4) is 0 Å².